The first-order valence-corrected chi connectivity index (χ1v) is 12.0. The van der Waals surface area contributed by atoms with E-state index in [1.807, 2.05) is 0 Å². The summed E-state index contributed by atoms with van der Waals surface area (Å²) in [5.74, 6) is 0. The average molecular weight is 436 g/mol. The quantitative estimate of drug-likeness (QED) is 0.279. The lowest BCUT2D eigenvalue weighted by Crippen LogP contribution is -2.14. The fourth-order valence-corrected chi connectivity index (χ4v) is 5.86. The van der Waals surface area contributed by atoms with Crippen LogP contribution in [0, 0.1) is 0 Å². The summed E-state index contributed by atoms with van der Waals surface area (Å²) in [6.07, 6.45) is 0. The SMILES string of the molecule is CC1(C)c2ccccc2-c2cc(-c3ccc(-c4cccc5c4[nH]c4ccccc45)cc3)ccc21. The molecule has 1 N–H and O–H groups in total. The van der Waals surface area contributed by atoms with Crippen LogP contribution in [0.15, 0.2) is 109 Å². The first-order valence-electron chi connectivity index (χ1n) is 12.0. The van der Waals surface area contributed by atoms with Crippen molar-refractivity contribution in [3.8, 4) is 33.4 Å². The Hall–Kier alpha value is -4.10. The molecule has 0 spiro atoms. The van der Waals surface area contributed by atoms with Crippen LogP contribution in [-0.4, -0.2) is 4.98 Å². The van der Waals surface area contributed by atoms with Gasteiger partial charge in [-0.25, -0.2) is 0 Å². The Balaban J connectivity index is 1.31. The fraction of sp³-hybridized carbons (Fsp3) is 0.0909. The van der Waals surface area contributed by atoms with Crippen LogP contribution in [0.4, 0.5) is 0 Å². The van der Waals surface area contributed by atoms with E-state index in [2.05, 4.69) is 128 Å². The van der Waals surface area contributed by atoms with E-state index in [0.717, 1.165) is 0 Å². The van der Waals surface area contributed by atoms with Gasteiger partial charge in [-0.1, -0.05) is 111 Å². The minimum Gasteiger partial charge on any atom is -0.354 e. The first-order chi connectivity index (χ1) is 16.6. The Kier molecular flexibility index (Phi) is 3.96. The van der Waals surface area contributed by atoms with Gasteiger partial charge in [0.2, 0.25) is 0 Å². The van der Waals surface area contributed by atoms with Gasteiger partial charge in [-0.3, -0.25) is 0 Å². The molecule has 6 aromatic rings. The highest BCUT2D eigenvalue weighted by Gasteiger charge is 2.35. The van der Waals surface area contributed by atoms with Crippen molar-refractivity contribution >= 4 is 21.8 Å². The molecule has 0 bridgehead atoms. The van der Waals surface area contributed by atoms with Gasteiger partial charge in [0, 0.05) is 27.3 Å². The van der Waals surface area contributed by atoms with Crippen molar-refractivity contribution in [1.82, 2.24) is 4.98 Å². The second-order valence-electron chi connectivity index (χ2n) is 9.91. The molecule has 1 aromatic heterocycles. The van der Waals surface area contributed by atoms with Crippen LogP contribution in [-0.2, 0) is 5.41 Å². The number of nitrogens with one attached hydrogen (secondary N) is 1. The van der Waals surface area contributed by atoms with Gasteiger partial charge in [-0.2, -0.15) is 0 Å². The molecule has 7 rings (SSSR count). The number of hydrogen-bond acceptors (Lipinski definition) is 0. The van der Waals surface area contributed by atoms with Crippen LogP contribution in [0.2, 0.25) is 0 Å². The molecule has 1 heteroatoms. The van der Waals surface area contributed by atoms with Crippen molar-refractivity contribution in [3.05, 3.63) is 120 Å². The smallest absolute Gasteiger partial charge is 0.0544 e. The third kappa shape index (κ3) is 2.67. The summed E-state index contributed by atoms with van der Waals surface area (Å²) >= 11 is 0. The van der Waals surface area contributed by atoms with Gasteiger partial charge in [0.15, 0.2) is 0 Å². The molecule has 1 nitrogen and oxygen atoms in total. The highest BCUT2D eigenvalue weighted by atomic mass is 14.7. The van der Waals surface area contributed by atoms with Crippen LogP contribution in [0.25, 0.3) is 55.2 Å². The van der Waals surface area contributed by atoms with Crippen molar-refractivity contribution in [2.24, 2.45) is 0 Å². The lowest BCUT2D eigenvalue weighted by atomic mass is 9.82. The van der Waals surface area contributed by atoms with E-state index >= 15 is 0 Å². The van der Waals surface area contributed by atoms with Gasteiger partial charge in [-0.15, -0.1) is 0 Å². The van der Waals surface area contributed by atoms with Crippen LogP contribution >= 0.6 is 0 Å². The molecular formula is C33H25N. The summed E-state index contributed by atoms with van der Waals surface area (Å²) < 4.78 is 0. The molecule has 162 valence electrons. The van der Waals surface area contributed by atoms with E-state index < -0.39 is 0 Å². The van der Waals surface area contributed by atoms with Crippen molar-refractivity contribution in [1.29, 1.82) is 0 Å². The molecule has 0 aliphatic heterocycles. The third-order valence-corrected chi connectivity index (χ3v) is 7.65. The second kappa shape index (κ2) is 6.95. The number of H-pyrrole nitrogens is 1. The summed E-state index contributed by atoms with van der Waals surface area (Å²) in [4.78, 5) is 3.64. The normalized spacial score (nSPS) is 13.8. The summed E-state index contributed by atoms with van der Waals surface area (Å²) in [5.41, 5.74) is 13.0. The maximum Gasteiger partial charge on any atom is 0.0544 e. The summed E-state index contributed by atoms with van der Waals surface area (Å²) in [6.45, 7) is 4.66. The molecular weight excluding hydrogens is 410 g/mol. The summed E-state index contributed by atoms with van der Waals surface area (Å²) in [5, 5.41) is 2.55. The fourth-order valence-electron chi connectivity index (χ4n) is 5.86. The standard InChI is InChI=1S/C33H25N/c1-33(2)29-12-5-3-8-25(29)28-20-23(18-19-30(28)33)21-14-16-22(17-15-21)24-10-7-11-27-26-9-4-6-13-31(26)34-32(24)27/h3-20,34H,1-2H3. The van der Waals surface area contributed by atoms with Gasteiger partial charge in [0.1, 0.15) is 0 Å². The molecule has 0 unspecified atom stereocenters. The van der Waals surface area contributed by atoms with Crippen LogP contribution in [0.1, 0.15) is 25.0 Å². The predicted molar refractivity (Wildman–Crippen MR) is 144 cm³/mol. The molecule has 0 atom stereocenters. The van der Waals surface area contributed by atoms with E-state index in [1.165, 1.54) is 66.3 Å². The Morgan fingerprint density at radius 1 is 0.500 bits per heavy atom. The lowest BCUT2D eigenvalue weighted by molar-refractivity contribution is 0.660. The third-order valence-electron chi connectivity index (χ3n) is 7.65. The molecule has 0 amide bonds. The maximum absolute atomic E-state index is 3.64. The van der Waals surface area contributed by atoms with Gasteiger partial charge < -0.3 is 4.98 Å². The minimum absolute atomic E-state index is 0.0482. The molecule has 5 aromatic carbocycles. The largest absolute Gasteiger partial charge is 0.354 e. The number of benzene rings is 5. The zero-order chi connectivity index (χ0) is 22.9. The highest BCUT2D eigenvalue weighted by molar-refractivity contribution is 6.11. The minimum atomic E-state index is 0.0482. The number of aromatic nitrogens is 1. The second-order valence-corrected chi connectivity index (χ2v) is 9.91. The van der Waals surface area contributed by atoms with Crippen molar-refractivity contribution in [2.45, 2.75) is 19.3 Å². The predicted octanol–water partition coefficient (Wildman–Crippen LogP) is 8.96. The Labute approximate surface area is 199 Å². The van der Waals surface area contributed by atoms with E-state index in [4.69, 9.17) is 0 Å². The summed E-state index contributed by atoms with van der Waals surface area (Å²) in [7, 11) is 0. The zero-order valence-corrected chi connectivity index (χ0v) is 19.4. The van der Waals surface area contributed by atoms with Crippen molar-refractivity contribution in [3.63, 3.8) is 0 Å². The Bertz CT molecular complexity index is 1710. The van der Waals surface area contributed by atoms with Crippen molar-refractivity contribution < 1.29 is 0 Å². The van der Waals surface area contributed by atoms with Crippen LogP contribution < -0.4 is 0 Å². The van der Waals surface area contributed by atoms with E-state index in [9.17, 15) is 0 Å². The zero-order valence-electron chi connectivity index (χ0n) is 19.4. The Morgan fingerprint density at radius 3 is 2.03 bits per heavy atom. The number of para-hydroxylation sites is 2. The van der Waals surface area contributed by atoms with Crippen molar-refractivity contribution in [2.75, 3.05) is 0 Å². The topological polar surface area (TPSA) is 15.8 Å². The molecule has 0 radical (unpaired) electrons. The number of hydrogen-bond donors (Lipinski definition) is 1. The number of fused-ring (bicyclic) bond motifs is 6. The van der Waals surface area contributed by atoms with Gasteiger partial charge >= 0.3 is 0 Å². The molecule has 34 heavy (non-hydrogen) atoms. The van der Waals surface area contributed by atoms with Crippen LogP contribution in [0.3, 0.4) is 0 Å². The Morgan fingerprint density at radius 2 is 1.15 bits per heavy atom. The molecule has 0 fully saturated rings. The summed E-state index contributed by atoms with van der Waals surface area (Å²) in [6, 6.07) is 39.9. The molecule has 1 aliphatic rings. The van der Waals surface area contributed by atoms with E-state index in [0.29, 0.717) is 0 Å². The van der Waals surface area contributed by atoms with E-state index in [-0.39, 0.29) is 5.41 Å². The van der Waals surface area contributed by atoms with Gasteiger partial charge in [-0.05, 0) is 51.1 Å². The molecule has 0 saturated carbocycles. The molecule has 1 aliphatic carbocycles. The van der Waals surface area contributed by atoms with E-state index in [1.54, 1.807) is 0 Å². The van der Waals surface area contributed by atoms with Gasteiger partial charge in [0.25, 0.3) is 0 Å². The molecule has 0 saturated heterocycles. The monoisotopic (exact) mass is 435 g/mol. The number of rotatable bonds is 2. The molecule has 1 heterocycles. The average Bonchev–Trinajstić information content (AvgIpc) is 3.37. The maximum atomic E-state index is 3.64. The lowest BCUT2D eigenvalue weighted by Gasteiger charge is -2.21. The van der Waals surface area contributed by atoms with Gasteiger partial charge in [0.05, 0.1) is 5.52 Å². The highest BCUT2D eigenvalue weighted by Crippen LogP contribution is 2.49. The van der Waals surface area contributed by atoms with Crippen LogP contribution in [0.5, 0.6) is 0 Å². The first kappa shape index (κ1) is 19.4. The number of aromatic amines is 1.